The number of carbonyl (C=O) groups is 1. The lowest BCUT2D eigenvalue weighted by Crippen LogP contribution is -2.50. The van der Waals surface area contributed by atoms with Crippen LogP contribution in [0, 0.1) is 0 Å². The third-order valence-electron chi connectivity index (χ3n) is 9.58. The minimum atomic E-state index is -0.524. The van der Waals surface area contributed by atoms with E-state index in [1.54, 1.807) is 12.1 Å². The Balaban J connectivity index is 1.10. The number of hydrogen-bond donors (Lipinski definition) is 0. The smallest absolute Gasteiger partial charge is 0.272 e. The number of halogens is 3. The second kappa shape index (κ2) is 15.1. The van der Waals surface area contributed by atoms with Gasteiger partial charge in [0, 0.05) is 80.0 Å². The number of fused-ring (bicyclic) bond motifs is 1. The SMILES string of the molecule is C[C@@H](Oc1ccc2c(c1)c(/C=C(\F)c1ccc(C(=O)N3CCC(N4CCOCC4)CC3)nc1)nn2C1CCCCO1)c1c(Cl)cncc1Cl. The van der Waals surface area contributed by atoms with Crippen molar-refractivity contribution in [1.82, 2.24) is 29.5 Å². The number of morpholine rings is 1. The minimum Gasteiger partial charge on any atom is -0.486 e. The van der Waals surface area contributed by atoms with Gasteiger partial charge in [-0.3, -0.25) is 19.7 Å². The number of hydrogen-bond acceptors (Lipinski definition) is 8. The first-order valence-electron chi connectivity index (χ1n) is 16.9. The summed E-state index contributed by atoms with van der Waals surface area (Å²) >= 11 is 12.8. The van der Waals surface area contributed by atoms with Crippen LogP contribution in [0.15, 0.2) is 48.9 Å². The molecule has 6 heterocycles. The molecule has 1 aromatic carbocycles. The summed E-state index contributed by atoms with van der Waals surface area (Å²) in [5.41, 5.74) is 2.39. The maximum Gasteiger partial charge on any atom is 0.272 e. The van der Waals surface area contributed by atoms with E-state index in [2.05, 4.69) is 14.9 Å². The first-order valence-corrected chi connectivity index (χ1v) is 17.7. The van der Waals surface area contributed by atoms with E-state index in [0.29, 0.717) is 63.9 Å². The van der Waals surface area contributed by atoms with Crippen molar-refractivity contribution in [2.75, 3.05) is 46.0 Å². The molecule has 2 atom stereocenters. The van der Waals surface area contributed by atoms with Crippen molar-refractivity contribution in [3.05, 3.63) is 81.5 Å². The molecule has 10 nitrogen and oxygen atoms in total. The van der Waals surface area contributed by atoms with Crippen LogP contribution in [0.1, 0.15) is 78.7 Å². The lowest BCUT2D eigenvalue weighted by Gasteiger charge is -2.40. The van der Waals surface area contributed by atoms with Gasteiger partial charge in [0.15, 0.2) is 6.23 Å². The number of benzene rings is 1. The van der Waals surface area contributed by atoms with E-state index in [-0.39, 0.29) is 17.7 Å². The maximum atomic E-state index is 15.9. The quantitative estimate of drug-likeness (QED) is 0.187. The highest BCUT2D eigenvalue weighted by atomic mass is 35.5. The molecule has 1 amide bonds. The summed E-state index contributed by atoms with van der Waals surface area (Å²) in [6, 6.07) is 9.23. The van der Waals surface area contributed by atoms with Gasteiger partial charge in [-0.1, -0.05) is 23.2 Å². The van der Waals surface area contributed by atoms with E-state index < -0.39 is 11.9 Å². The van der Waals surface area contributed by atoms with Crippen molar-refractivity contribution >= 4 is 51.9 Å². The van der Waals surface area contributed by atoms with Crippen LogP contribution in [0.25, 0.3) is 22.8 Å². The third kappa shape index (κ3) is 7.46. The van der Waals surface area contributed by atoms with Gasteiger partial charge in [0.1, 0.15) is 23.4 Å². The van der Waals surface area contributed by atoms with Gasteiger partial charge < -0.3 is 19.1 Å². The molecule has 258 valence electrons. The van der Waals surface area contributed by atoms with Crippen LogP contribution < -0.4 is 4.74 Å². The number of nitrogens with zero attached hydrogens (tertiary/aromatic N) is 6. The first-order chi connectivity index (χ1) is 23.9. The molecule has 13 heteroatoms. The molecule has 3 fully saturated rings. The summed E-state index contributed by atoms with van der Waals surface area (Å²) in [5.74, 6) is -0.115. The van der Waals surface area contributed by atoms with Crippen LogP contribution in [-0.2, 0) is 9.47 Å². The number of likely N-dealkylation sites (tertiary alicyclic amines) is 1. The maximum absolute atomic E-state index is 15.9. The number of ether oxygens (including phenoxy) is 3. The Kier molecular flexibility index (Phi) is 10.4. The number of pyridine rings is 2. The van der Waals surface area contributed by atoms with Gasteiger partial charge in [-0.2, -0.15) is 5.10 Å². The molecule has 0 spiro atoms. The summed E-state index contributed by atoms with van der Waals surface area (Å²) in [4.78, 5) is 26.0. The van der Waals surface area contributed by atoms with Gasteiger partial charge in [-0.25, -0.2) is 9.07 Å². The summed E-state index contributed by atoms with van der Waals surface area (Å²) < 4.78 is 35.5. The van der Waals surface area contributed by atoms with Gasteiger partial charge in [-0.15, -0.1) is 0 Å². The third-order valence-corrected chi connectivity index (χ3v) is 10.2. The van der Waals surface area contributed by atoms with Gasteiger partial charge in [0.2, 0.25) is 0 Å². The van der Waals surface area contributed by atoms with Crippen LogP contribution in [0.2, 0.25) is 10.0 Å². The van der Waals surface area contributed by atoms with E-state index in [4.69, 9.17) is 42.5 Å². The first kappa shape index (κ1) is 33.9. The zero-order valence-electron chi connectivity index (χ0n) is 27.4. The fourth-order valence-electron chi connectivity index (χ4n) is 6.94. The highest BCUT2D eigenvalue weighted by molar-refractivity contribution is 6.35. The molecule has 1 unspecified atom stereocenters. The molecule has 3 aromatic heterocycles. The molecule has 0 saturated carbocycles. The average molecular weight is 710 g/mol. The standard InChI is InChI=1S/C36H39Cl2FN6O4/c1-23(35-28(37)21-40-22-29(35)38)49-26-6-8-33-27(18-26)32(42-45(33)34-4-2-3-15-48-34)19-30(39)24-5-7-31(41-20-24)36(46)44-11-9-25(10-12-44)43-13-16-47-17-14-43/h5-8,18-23,25,34H,2-4,9-17H2,1H3/b30-19-/t23-,34?/m1/s1. The van der Waals surface area contributed by atoms with Gasteiger partial charge in [0.25, 0.3) is 5.91 Å². The average Bonchev–Trinajstić information content (AvgIpc) is 3.49. The van der Waals surface area contributed by atoms with Crippen molar-refractivity contribution < 1.29 is 23.4 Å². The van der Waals surface area contributed by atoms with Crippen molar-refractivity contribution in [1.29, 1.82) is 0 Å². The minimum absolute atomic E-state index is 0.135. The number of aromatic nitrogens is 4. The summed E-state index contributed by atoms with van der Waals surface area (Å²) in [6.45, 7) is 7.25. The lowest BCUT2D eigenvalue weighted by molar-refractivity contribution is -0.0367. The van der Waals surface area contributed by atoms with Crippen LogP contribution in [-0.4, -0.2) is 87.5 Å². The largest absolute Gasteiger partial charge is 0.486 e. The number of piperidine rings is 1. The molecule has 4 aromatic rings. The molecule has 7 rings (SSSR count). The van der Waals surface area contributed by atoms with Crippen molar-refractivity contribution in [2.45, 2.75) is 57.4 Å². The molecule has 49 heavy (non-hydrogen) atoms. The molecule has 3 aliphatic rings. The Hall–Kier alpha value is -3.61. The molecule has 0 N–H and O–H groups in total. The molecular weight excluding hydrogens is 670 g/mol. The summed E-state index contributed by atoms with van der Waals surface area (Å²) in [5, 5.41) is 6.32. The Morgan fingerprint density at radius 1 is 1.00 bits per heavy atom. The lowest BCUT2D eigenvalue weighted by atomic mass is 10.0. The summed E-state index contributed by atoms with van der Waals surface area (Å²) in [6.07, 6.45) is 9.77. The Labute approximate surface area is 294 Å². The van der Waals surface area contributed by atoms with Crippen molar-refractivity contribution in [3.63, 3.8) is 0 Å². The number of amides is 1. The molecule has 0 aliphatic carbocycles. The molecule has 3 aliphatic heterocycles. The van der Waals surface area contributed by atoms with Crippen LogP contribution in [0.3, 0.4) is 0 Å². The van der Waals surface area contributed by atoms with Gasteiger partial charge >= 0.3 is 0 Å². The van der Waals surface area contributed by atoms with Crippen LogP contribution >= 0.6 is 23.2 Å². The van der Waals surface area contributed by atoms with Gasteiger partial charge in [0.05, 0.1) is 34.5 Å². The Bertz CT molecular complexity index is 1800. The van der Waals surface area contributed by atoms with E-state index in [0.717, 1.165) is 63.9 Å². The monoisotopic (exact) mass is 708 g/mol. The second-order valence-corrected chi connectivity index (χ2v) is 13.5. The molecule has 0 radical (unpaired) electrons. The second-order valence-electron chi connectivity index (χ2n) is 12.7. The Morgan fingerprint density at radius 3 is 2.47 bits per heavy atom. The highest BCUT2D eigenvalue weighted by Gasteiger charge is 2.29. The fraction of sp³-hybridized carbons (Fsp3) is 0.444. The number of carbonyl (C=O) groups excluding carboxylic acids is 1. The van der Waals surface area contributed by atoms with E-state index in [1.165, 1.54) is 24.7 Å². The zero-order chi connectivity index (χ0) is 33.9. The zero-order valence-corrected chi connectivity index (χ0v) is 28.9. The molecular formula is C36H39Cl2FN6O4. The predicted molar refractivity (Wildman–Crippen MR) is 186 cm³/mol. The van der Waals surface area contributed by atoms with Crippen LogP contribution in [0.4, 0.5) is 4.39 Å². The number of rotatable bonds is 8. The van der Waals surface area contributed by atoms with Crippen LogP contribution in [0.5, 0.6) is 5.75 Å². The van der Waals surface area contributed by atoms with Gasteiger partial charge in [-0.05, 0) is 69.4 Å². The normalized spacial score (nSPS) is 20.4. The van der Waals surface area contributed by atoms with Crippen molar-refractivity contribution in [2.24, 2.45) is 0 Å². The summed E-state index contributed by atoms with van der Waals surface area (Å²) in [7, 11) is 0. The fourth-order valence-corrected chi connectivity index (χ4v) is 7.61. The predicted octanol–water partition coefficient (Wildman–Crippen LogP) is 7.38. The topological polar surface area (TPSA) is 94.8 Å². The molecule has 0 bridgehead atoms. The Morgan fingerprint density at radius 2 is 1.78 bits per heavy atom. The van der Waals surface area contributed by atoms with E-state index >= 15 is 4.39 Å². The highest BCUT2D eigenvalue weighted by Crippen LogP contribution is 2.36. The molecule has 3 saturated heterocycles. The van der Waals surface area contributed by atoms with E-state index in [9.17, 15) is 4.79 Å². The van der Waals surface area contributed by atoms with E-state index in [1.807, 2.05) is 34.7 Å². The van der Waals surface area contributed by atoms with Crippen molar-refractivity contribution in [3.8, 4) is 5.75 Å².